The first-order valence-corrected chi connectivity index (χ1v) is 5.87. The highest BCUT2D eigenvalue weighted by Gasteiger charge is 2.14. The van der Waals surface area contributed by atoms with Gasteiger partial charge in [-0.05, 0) is 0 Å². The zero-order valence-electron chi connectivity index (χ0n) is 10.6. The van der Waals surface area contributed by atoms with Crippen LogP contribution in [0.2, 0.25) is 0 Å². The maximum atomic E-state index is 12.1. The number of amides is 1. The van der Waals surface area contributed by atoms with Crippen molar-refractivity contribution in [3.05, 3.63) is 36.5 Å². The average Bonchev–Trinajstić information content (AvgIpc) is 2.46. The number of nitrogen functional groups attached to an aromatic ring is 1. The van der Waals surface area contributed by atoms with Crippen molar-refractivity contribution >= 4 is 17.4 Å². The van der Waals surface area contributed by atoms with Crippen LogP contribution < -0.4 is 21.5 Å². The maximum absolute atomic E-state index is 12.1. The van der Waals surface area contributed by atoms with E-state index in [1.807, 2.05) is 0 Å². The highest BCUT2D eigenvalue weighted by molar-refractivity contribution is 6.06. The first-order valence-electron chi connectivity index (χ1n) is 5.87. The quantitative estimate of drug-likeness (QED) is 0.702. The van der Waals surface area contributed by atoms with Gasteiger partial charge in [-0.2, -0.15) is 0 Å². The van der Waals surface area contributed by atoms with E-state index in [0.29, 0.717) is 24.6 Å². The fourth-order valence-corrected chi connectivity index (χ4v) is 1.48. The van der Waals surface area contributed by atoms with E-state index in [1.54, 1.807) is 12.3 Å². The van der Waals surface area contributed by atoms with Gasteiger partial charge < -0.3 is 21.5 Å². The minimum atomic E-state index is -0.485. The Kier molecular flexibility index (Phi) is 4.40. The molecule has 0 spiro atoms. The second-order valence-electron chi connectivity index (χ2n) is 3.75. The van der Waals surface area contributed by atoms with Crippen molar-refractivity contribution in [3.63, 3.8) is 0 Å². The molecular formula is C12H14N6O2. The zero-order valence-corrected chi connectivity index (χ0v) is 10.6. The third kappa shape index (κ3) is 3.18. The van der Waals surface area contributed by atoms with Gasteiger partial charge in [0, 0.05) is 31.2 Å². The SMILES string of the molecule is NCCOc1ccncc1NC(=O)c1nccnc1N. The predicted molar refractivity (Wildman–Crippen MR) is 73.2 cm³/mol. The fourth-order valence-electron chi connectivity index (χ4n) is 1.48. The number of rotatable bonds is 5. The molecule has 0 fully saturated rings. The van der Waals surface area contributed by atoms with Crippen LogP contribution in [0.15, 0.2) is 30.9 Å². The number of hydrogen-bond acceptors (Lipinski definition) is 7. The van der Waals surface area contributed by atoms with Crippen LogP contribution in [0.5, 0.6) is 5.75 Å². The van der Waals surface area contributed by atoms with Gasteiger partial charge in [-0.25, -0.2) is 9.97 Å². The minimum absolute atomic E-state index is 0.0427. The number of aromatic nitrogens is 3. The Labute approximate surface area is 115 Å². The lowest BCUT2D eigenvalue weighted by molar-refractivity contribution is 0.102. The van der Waals surface area contributed by atoms with Crippen LogP contribution >= 0.6 is 0 Å². The van der Waals surface area contributed by atoms with E-state index in [9.17, 15) is 4.79 Å². The smallest absolute Gasteiger partial charge is 0.278 e. The molecule has 0 saturated carbocycles. The first-order chi connectivity index (χ1) is 9.72. The predicted octanol–water partition coefficient (Wildman–Crippen LogP) is 0.0436. The Bertz CT molecular complexity index is 604. The van der Waals surface area contributed by atoms with Crippen LogP contribution in [0, 0.1) is 0 Å². The Balaban J connectivity index is 2.18. The summed E-state index contributed by atoms with van der Waals surface area (Å²) >= 11 is 0. The summed E-state index contributed by atoms with van der Waals surface area (Å²) < 4.78 is 5.41. The third-order valence-corrected chi connectivity index (χ3v) is 2.35. The number of nitrogens with two attached hydrogens (primary N) is 2. The first kappa shape index (κ1) is 13.7. The van der Waals surface area contributed by atoms with E-state index in [0.717, 1.165) is 0 Å². The standard InChI is InChI=1S/C12H14N6O2/c13-2-6-20-9-1-3-15-7-8(9)18-12(19)10-11(14)17-5-4-16-10/h1,3-5,7H,2,6,13H2,(H2,14,17)(H,18,19). The van der Waals surface area contributed by atoms with E-state index in [-0.39, 0.29) is 11.5 Å². The number of hydrogen-bond donors (Lipinski definition) is 3. The number of carbonyl (C=O) groups excluding carboxylic acids is 1. The second-order valence-corrected chi connectivity index (χ2v) is 3.75. The van der Waals surface area contributed by atoms with Crippen molar-refractivity contribution in [2.75, 3.05) is 24.2 Å². The molecule has 0 atom stereocenters. The number of nitrogens with zero attached hydrogens (tertiary/aromatic N) is 3. The molecule has 5 N–H and O–H groups in total. The summed E-state index contributed by atoms with van der Waals surface area (Å²) in [5.74, 6) is 0.0424. The monoisotopic (exact) mass is 274 g/mol. The van der Waals surface area contributed by atoms with Gasteiger partial charge in [-0.1, -0.05) is 0 Å². The Morgan fingerprint density at radius 3 is 2.85 bits per heavy atom. The van der Waals surface area contributed by atoms with E-state index in [1.165, 1.54) is 18.6 Å². The van der Waals surface area contributed by atoms with Crippen LogP contribution in [0.4, 0.5) is 11.5 Å². The van der Waals surface area contributed by atoms with Gasteiger partial charge in [0.1, 0.15) is 18.0 Å². The van der Waals surface area contributed by atoms with Gasteiger partial charge in [-0.15, -0.1) is 0 Å². The molecule has 1 amide bonds. The molecular weight excluding hydrogens is 260 g/mol. The van der Waals surface area contributed by atoms with Crippen LogP contribution in [0.3, 0.4) is 0 Å². The van der Waals surface area contributed by atoms with Gasteiger partial charge in [0.25, 0.3) is 5.91 Å². The van der Waals surface area contributed by atoms with Crippen molar-refractivity contribution in [3.8, 4) is 5.75 Å². The summed E-state index contributed by atoms with van der Waals surface area (Å²) in [5.41, 5.74) is 11.4. The van der Waals surface area contributed by atoms with Crippen molar-refractivity contribution in [1.29, 1.82) is 0 Å². The van der Waals surface area contributed by atoms with Gasteiger partial charge in [-0.3, -0.25) is 9.78 Å². The lowest BCUT2D eigenvalue weighted by Crippen LogP contribution is -2.18. The highest BCUT2D eigenvalue weighted by Crippen LogP contribution is 2.23. The Morgan fingerprint density at radius 2 is 2.10 bits per heavy atom. The lowest BCUT2D eigenvalue weighted by Gasteiger charge is -2.11. The highest BCUT2D eigenvalue weighted by atomic mass is 16.5. The van der Waals surface area contributed by atoms with Gasteiger partial charge in [0.15, 0.2) is 11.5 Å². The van der Waals surface area contributed by atoms with Crippen molar-refractivity contribution in [2.24, 2.45) is 5.73 Å². The van der Waals surface area contributed by atoms with Crippen molar-refractivity contribution in [2.45, 2.75) is 0 Å². The molecule has 0 aliphatic heterocycles. The molecule has 2 heterocycles. The largest absolute Gasteiger partial charge is 0.490 e. The van der Waals surface area contributed by atoms with E-state index < -0.39 is 5.91 Å². The van der Waals surface area contributed by atoms with E-state index in [2.05, 4.69) is 20.3 Å². The van der Waals surface area contributed by atoms with Gasteiger partial charge in [0.2, 0.25) is 0 Å². The van der Waals surface area contributed by atoms with Crippen LogP contribution in [-0.2, 0) is 0 Å². The summed E-state index contributed by atoms with van der Waals surface area (Å²) in [6.45, 7) is 0.701. The third-order valence-electron chi connectivity index (χ3n) is 2.35. The molecule has 2 rings (SSSR count). The number of carbonyl (C=O) groups is 1. The number of pyridine rings is 1. The van der Waals surface area contributed by atoms with E-state index >= 15 is 0 Å². The molecule has 0 bridgehead atoms. The molecule has 0 unspecified atom stereocenters. The van der Waals surface area contributed by atoms with Crippen molar-refractivity contribution < 1.29 is 9.53 Å². The zero-order chi connectivity index (χ0) is 14.4. The number of anilines is 2. The summed E-state index contributed by atoms with van der Waals surface area (Å²) in [6.07, 6.45) is 5.82. The maximum Gasteiger partial charge on any atom is 0.278 e. The summed E-state index contributed by atoms with van der Waals surface area (Å²) in [5, 5.41) is 2.63. The van der Waals surface area contributed by atoms with Crippen LogP contribution in [0.1, 0.15) is 10.5 Å². The number of ether oxygens (including phenoxy) is 1. The lowest BCUT2D eigenvalue weighted by atomic mass is 10.3. The second kappa shape index (κ2) is 6.43. The molecule has 2 aromatic heterocycles. The average molecular weight is 274 g/mol. The molecule has 20 heavy (non-hydrogen) atoms. The Morgan fingerprint density at radius 1 is 1.30 bits per heavy atom. The van der Waals surface area contributed by atoms with Crippen LogP contribution in [0.25, 0.3) is 0 Å². The van der Waals surface area contributed by atoms with E-state index in [4.69, 9.17) is 16.2 Å². The molecule has 104 valence electrons. The normalized spacial score (nSPS) is 10.1. The molecule has 0 radical (unpaired) electrons. The molecule has 0 saturated heterocycles. The van der Waals surface area contributed by atoms with Crippen molar-refractivity contribution in [1.82, 2.24) is 15.0 Å². The fraction of sp³-hybridized carbons (Fsp3) is 0.167. The van der Waals surface area contributed by atoms with Gasteiger partial charge in [0.05, 0.1) is 6.20 Å². The topological polar surface area (TPSA) is 129 Å². The molecule has 0 aliphatic rings. The summed E-state index contributed by atoms with van der Waals surface area (Å²) in [7, 11) is 0. The summed E-state index contributed by atoms with van der Waals surface area (Å²) in [6, 6.07) is 1.63. The number of nitrogens with one attached hydrogen (secondary N) is 1. The molecule has 8 heteroatoms. The van der Waals surface area contributed by atoms with Crippen LogP contribution in [-0.4, -0.2) is 34.0 Å². The molecule has 0 aromatic carbocycles. The van der Waals surface area contributed by atoms with Gasteiger partial charge >= 0.3 is 0 Å². The molecule has 8 nitrogen and oxygen atoms in total. The molecule has 2 aromatic rings. The molecule has 0 aliphatic carbocycles. The minimum Gasteiger partial charge on any atom is -0.490 e. The summed E-state index contributed by atoms with van der Waals surface area (Å²) in [4.78, 5) is 23.7. The Hall–Kier alpha value is -2.74.